The lowest BCUT2D eigenvalue weighted by molar-refractivity contribution is -0.384. The highest BCUT2D eigenvalue weighted by atomic mass is 16.6. The lowest BCUT2D eigenvalue weighted by atomic mass is 10.1. The molecular formula is C23H20N2O6. The first kappa shape index (κ1) is 21.5. The highest BCUT2D eigenvalue weighted by molar-refractivity contribution is 6.02. The Labute approximate surface area is 178 Å². The van der Waals surface area contributed by atoms with Crippen LogP contribution in [0.3, 0.4) is 0 Å². The number of nitrogens with one attached hydrogen (secondary N) is 1. The van der Waals surface area contributed by atoms with E-state index in [-0.39, 0.29) is 11.8 Å². The van der Waals surface area contributed by atoms with Crippen molar-refractivity contribution >= 4 is 29.3 Å². The first-order chi connectivity index (χ1) is 14.8. The van der Waals surface area contributed by atoms with Crippen LogP contribution in [0.4, 0.5) is 11.4 Å². The van der Waals surface area contributed by atoms with Crippen molar-refractivity contribution in [2.24, 2.45) is 0 Å². The number of furan rings is 1. The molecule has 1 aromatic heterocycles. The van der Waals surface area contributed by atoms with Crippen LogP contribution in [0, 0.1) is 10.1 Å². The van der Waals surface area contributed by atoms with Crippen molar-refractivity contribution in [3.8, 4) is 11.3 Å². The number of ether oxygens (including phenoxy) is 1. The van der Waals surface area contributed by atoms with Gasteiger partial charge in [0.05, 0.1) is 22.2 Å². The lowest BCUT2D eigenvalue weighted by Gasteiger charge is -2.08. The van der Waals surface area contributed by atoms with E-state index in [0.717, 1.165) is 0 Å². The van der Waals surface area contributed by atoms with Gasteiger partial charge in [0.1, 0.15) is 11.5 Å². The van der Waals surface area contributed by atoms with Crippen molar-refractivity contribution in [3.63, 3.8) is 0 Å². The number of amides is 1. The fourth-order valence-corrected chi connectivity index (χ4v) is 2.74. The minimum atomic E-state index is -0.478. The summed E-state index contributed by atoms with van der Waals surface area (Å²) in [6, 6.07) is 15.8. The fourth-order valence-electron chi connectivity index (χ4n) is 2.74. The molecule has 0 spiro atoms. The Kier molecular flexibility index (Phi) is 6.61. The Morgan fingerprint density at radius 1 is 1.06 bits per heavy atom. The van der Waals surface area contributed by atoms with Crippen molar-refractivity contribution in [2.45, 2.75) is 20.0 Å². The fraction of sp³-hybridized carbons (Fsp3) is 0.130. The summed E-state index contributed by atoms with van der Waals surface area (Å²) >= 11 is 0. The van der Waals surface area contributed by atoms with Gasteiger partial charge in [0.2, 0.25) is 5.91 Å². The van der Waals surface area contributed by atoms with Crippen LogP contribution < -0.4 is 5.32 Å². The maximum atomic E-state index is 12.1. The Bertz CT molecular complexity index is 1130. The van der Waals surface area contributed by atoms with Gasteiger partial charge in [-0.05, 0) is 62.4 Å². The highest BCUT2D eigenvalue weighted by Crippen LogP contribution is 2.31. The summed E-state index contributed by atoms with van der Waals surface area (Å²) in [7, 11) is 0. The third-order valence-electron chi connectivity index (χ3n) is 4.12. The molecule has 2 aromatic carbocycles. The smallest absolute Gasteiger partial charge is 0.338 e. The van der Waals surface area contributed by atoms with Gasteiger partial charge in [-0.1, -0.05) is 12.1 Å². The highest BCUT2D eigenvalue weighted by Gasteiger charge is 2.16. The van der Waals surface area contributed by atoms with Gasteiger partial charge in [-0.3, -0.25) is 14.9 Å². The summed E-state index contributed by atoms with van der Waals surface area (Å²) < 4.78 is 10.7. The van der Waals surface area contributed by atoms with Crippen molar-refractivity contribution in [2.75, 3.05) is 5.32 Å². The minimum Gasteiger partial charge on any atom is -0.459 e. The molecule has 1 N–H and O–H groups in total. The molecule has 0 aliphatic rings. The molecule has 0 fully saturated rings. The van der Waals surface area contributed by atoms with Gasteiger partial charge in [-0.2, -0.15) is 0 Å². The number of carbonyl (C=O) groups excluding carboxylic acids is 2. The number of nitro benzene ring substituents is 1. The third kappa shape index (κ3) is 5.66. The van der Waals surface area contributed by atoms with E-state index in [1.807, 2.05) is 0 Å². The van der Waals surface area contributed by atoms with E-state index in [9.17, 15) is 19.7 Å². The molecule has 0 aliphatic heterocycles. The zero-order valence-electron chi connectivity index (χ0n) is 16.9. The van der Waals surface area contributed by atoms with Crippen LogP contribution in [0.1, 0.15) is 30.0 Å². The minimum absolute atomic E-state index is 0.0640. The van der Waals surface area contributed by atoms with Gasteiger partial charge < -0.3 is 14.5 Å². The van der Waals surface area contributed by atoms with Gasteiger partial charge in [0, 0.05) is 17.8 Å². The Morgan fingerprint density at radius 2 is 1.77 bits per heavy atom. The molecule has 1 heterocycles. The second-order valence-corrected chi connectivity index (χ2v) is 6.83. The van der Waals surface area contributed by atoms with Crippen LogP contribution in [0.5, 0.6) is 0 Å². The standard InChI is InChI=1S/C23H20N2O6/c1-15(2)30-23(27)16-7-9-17(10-8-16)24-22(26)14-12-18-11-13-21(31-18)19-5-3-4-6-20(19)25(28)29/h3-15H,1-2H3,(H,24,26)/b14-12+. The zero-order valence-corrected chi connectivity index (χ0v) is 16.9. The summed E-state index contributed by atoms with van der Waals surface area (Å²) in [5.74, 6) is -0.132. The third-order valence-corrected chi connectivity index (χ3v) is 4.12. The predicted octanol–water partition coefficient (Wildman–Crippen LogP) is 5.07. The second kappa shape index (κ2) is 9.53. The van der Waals surface area contributed by atoms with Crippen molar-refractivity contribution in [1.82, 2.24) is 0 Å². The van der Waals surface area contributed by atoms with Crippen LogP contribution in [-0.2, 0) is 9.53 Å². The first-order valence-electron chi connectivity index (χ1n) is 9.47. The molecule has 31 heavy (non-hydrogen) atoms. The molecule has 8 heteroatoms. The average Bonchev–Trinajstić information content (AvgIpc) is 3.21. The summed E-state index contributed by atoms with van der Waals surface area (Å²) in [5, 5.41) is 13.8. The van der Waals surface area contributed by atoms with Crippen LogP contribution >= 0.6 is 0 Å². The SMILES string of the molecule is CC(C)OC(=O)c1ccc(NC(=O)/C=C/c2ccc(-c3ccccc3[N+](=O)[O-])o2)cc1. The summed E-state index contributed by atoms with van der Waals surface area (Å²) in [6.07, 6.45) is 2.53. The molecule has 3 rings (SSSR count). The number of carbonyl (C=O) groups is 2. The van der Waals surface area contributed by atoms with Crippen LogP contribution in [0.25, 0.3) is 17.4 Å². The molecule has 0 radical (unpaired) electrons. The first-order valence-corrected chi connectivity index (χ1v) is 9.47. The quantitative estimate of drug-likeness (QED) is 0.247. The van der Waals surface area contributed by atoms with E-state index >= 15 is 0 Å². The summed E-state index contributed by atoms with van der Waals surface area (Å²) in [5.41, 5.74) is 1.19. The Morgan fingerprint density at radius 3 is 2.45 bits per heavy atom. The van der Waals surface area contributed by atoms with Gasteiger partial charge in [0.25, 0.3) is 5.69 Å². The monoisotopic (exact) mass is 420 g/mol. The lowest BCUT2D eigenvalue weighted by Crippen LogP contribution is -2.12. The number of hydrogen-bond acceptors (Lipinski definition) is 6. The zero-order chi connectivity index (χ0) is 22.4. The van der Waals surface area contributed by atoms with Gasteiger partial charge in [-0.25, -0.2) is 4.79 Å². The Balaban J connectivity index is 1.64. The number of nitrogens with zero attached hydrogens (tertiary/aromatic N) is 1. The summed E-state index contributed by atoms with van der Waals surface area (Å²) in [6.45, 7) is 3.53. The van der Waals surface area contributed by atoms with Crippen LogP contribution in [-0.4, -0.2) is 22.9 Å². The van der Waals surface area contributed by atoms with Crippen LogP contribution in [0.15, 0.2) is 71.2 Å². The summed E-state index contributed by atoms with van der Waals surface area (Å²) in [4.78, 5) is 34.7. The van der Waals surface area contributed by atoms with Crippen LogP contribution in [0.2, 0.25) is 0 Å². The molecule has 3 aromatic rings. The normalized spacial score (nSPS) is 10.9. The number of benzene rings is 2. The van der Waals surface area contributed by atoms with E-state index < -0.39 is 16.8 Å². The number of rotatable bonds is 7. The molecule has 0 bridgehead atoms. The molecular weight excluding hydrogens is 400 g/mol. The van der Waals surface area contributed by atoms with Crippen molar-refractivity contribution < 1.29 is 23.7 Å². The largest absolute Gasteiger partial charge is 0.459 e. The van der Waals surface area contributed by atoms with E-state index in [0.29, 0.717) is 28.3 Å². The molecule has 158 valence electrons. The van der Waals surface area contributed by atoms with Gasteiger partial charge in [-0.15, -0.1) is 0 Å². The van der Waals surface area contributed by atoms with Gasteiger partial charge in [0.15, 0.2) is 0 Å². The maximum Gasteiger partial charge on any atom is 0.338 e. The van der Waals surface area contributed by atoms with E-state index in [4.69, 9.17) is 9.15 Å². The number of para-hydroxylation sites is 1. The Hall–Kier alpha value is -4.20. The molecule has 0 unspecified atom stereocenters. The molecule has 1 amide bonds. The number of esters is 1. The molecule has 0 aliphatic carbocycles. The van der Waals surface area contributed by atoms with E-state index in [2.05, 4.69) is 5.32 Å². The van der Waals surface area contributed by atoms with Crippen molar-refractivity contribution in [3.05, 3.63) is 88.2 Å². The maximum absolute atomic E-state index is 12.1. The number of hydrogen-bond donors (Lipinski definition) is 1. The molecule has 0 atom stereocenters. The van der Waals surface area contributed by atoms with E-state index in [1.165, 1.54) is 18.2 Å². The van der Waals surface area contributed by atoms with E-state index in [1.54, 1.807) is 68.4 Å². The average molecular weight is 420 g/mol. The topological polar surface area (TPSA) is 112 Å². The molecule has 0 saturated heterocycles. The predicted molar refractivity (Wildman–Crippen MR) is 115 cm³/mol. The van der Waals surface area contributed by atoms with Crippen molar-refractivity contribution in [1.29, 1.82) is 0 Å². The van der Waals surface area contributed by atoms with Gasteiger partial charge >= 0.3 is 5.97 Å². The number of nitro groups is 1. The second-order valence-electron chi connectivity index (χ2n) is 6.83. The molecule has 0 saturated carbocycles. The molecule has 8 nitrogen and oxygen atoms in total. The number of anilines is 1.